The number of benzene rings is 1. The molecular weight excluding hydrogens is 295 g/mol. The van der Waals surface area contributed by atoms with E-state index in [9.17, 15) is 4.39 Å². The number of aliphatic imine (C=N–C) groups is 1. The van der Waals surface area contributed by atoms with Crippen LogP contribution in [0.4, 0.5) is 4.39 Å². The lowest BCUT2D eigenvalue weighted by atomic mass is 10.2. The third-order valence-corrected chi connectivity index (χ3v) is 3.39. The van der Waals surface area contributed by atoms with Crippen LogP contribution in [-0.2, 0) is 13.1 Å². The normalized spacial score (nSPS) is 11.7. The SMILES string of the molecule is CN=C(NCCN(C)Cc1ccc(F)cc1)NCc1ccco1. The molecule has 0 fully saturated rings. The van der Waals surface area contributed by atoms with Crippen molar-refractivity contribution >= 4 is 5.96 Å². The number of likely N-dealkylation sites (N-methyl/N-ethyl adjacent to an activating group) is 1. The molecule has 2 N–H and O–H groups in total. The number of nitrogens with zero attached hydrogens (tertiary/aromatic N) is 2. The summed E-state index contributed by atoms with van der Waals surface area (Å²) in [5.74, 6) is 1.39. The molecule has 0 aliphatic carbocycles. The first-order valence-corrected chi connectivity index (χ1v) is 7.57. The van der Waals surface area contributed by atoms with E-state index in [0.717, 1.165) is 36.9 Å². The lowest BCUT2D eigenvalue weighted by molar-refractivity contribution is 0.331. The molecule has 124 valence electrons. The van der Waals surface area contributed by atoms with Gasteiger partial charge in [0.2, 0.25) is 0 Å². The summed E-state index contributed by atoms with van der Waals surface area (Å²) < 4.78 is 18.1. The lowest BCUT2D eigenvalue weighted by Gasteiger charge is -2.18. The third kappa shape index (κ3) is 6.12. The van der Waals surface area contributed by atoms with Crippen molar-refractivity contribution in [1.29, 1.82) is 0 Å². The average molecular weight is 318 g/mol. The topological polar surface area (TPSA) is 52.8 Å². The fourth-order valence-corrected chi connectivity index (χ4v) is 2.15. The summed E-state index contributed by atoms with van der Waals surface area (Å²) in [4.78, 5) is 6.34. The maximum Gasteiger partial charge on any atom is 0.191 e. The molecule has 23 heavy (non-hydrogen) atoms. The molecule has 0 aliphatic rings. The minimum absolute atomic E-state index is 0.204. The summed E-state index contributed by atoms with van der Waals surface area (Å²) in [6.45, 7) is 2.98. The standard InChI is InChI=1S/C17H23FN4O/c1-19-17(21-12-16-4-3-11-23-16)20-9-10-22(2)13-14-5-7-15(18)8-6-14/h3-8,11H,9-10,12-13H2,1-2H3,(H2,19,20,21). The van der Waals surface area contributed by atoms with Gasteiger partial charge in [-0.1, -0.05) is 12.1 Å². The minimum atomic E-state index is -0.204. The monoisotopic (exact) mass is 318 g/mol. The van der Waals surface area contributed by atoms with Crippen molar-refractivity contribution in [2.75, 3.05) is 27.2 Å². The zero-order valence-corrected chi connectivity index (χ0v) is 13.6. The molecule has 1 aromatic carbocycles. The molecule has 1 aromatic heterocycles. The zero-order valence-electron chi connectivity index (χ0n) is 13.6. The molecule has 0 amide bonds. The number of furan rings is 1. The Hall–Kier alpha value is -2.34. The number of halogens is 1. The van der Waals surface area contributed by atoms with Crippen molar-refractivity contribution in [3.8, 4) is 0 Å². The van der Waals surface area contributed by atoms with Gasteiger partial charge in [-0.3, -0.25) is 4.99 Å². The van der Waals surface area contributed by atoms with Crippen LogP contribution in [0.2, 0.25) is 0 Å². The van der Waals surface area contributed by atoms with E-state index in [2.05, 4.69) is 20.5 Å². The van der Waals surface area contributed by atoms with Crippen LogP contribution in [-0.4, -0.2) is 38.0 Å². The Morgan fingerprint density at radius 2 is 2.00 bits per heavy atom. The largest absolute Gasteiger partial charge is 0.467 e. The highest BCUT2D eigenvalue weighted by atomic mass is 19.1. The van der Waals surface area contributed by atoms with E-state index < -0.39 is 0 Å². The van der Waals surface area contributed by atoms with Crippen LogP contribution in [0, 0.1) is 5.82 Å². The van der Waals surface area contributed by atoms with Gasteiger partial charge in [0.05, 0.1) is 12.8 Å². The maximum absolute atomic E-state index is 12.9. The van der Waals surface area contributed by atoms with E-state index in [1.54, 1.807) is 13.3 Å². The van der Waals surface area contributed by atoms with E-state index in [1.165, 1.54) is 12.1 Å². The Labute approximate surface area is 136 Å². The lowest BCUT2D eigenvalue weighted by Crippen LogP contribution is -2.40. The second kappa shape index (κ2) is 8.95. The number of hydrogen-bond acceptors (Lipinski definition) is 3. The van der Waals surface area contributed by atoms with Gasteiger partial charge >= 0.3 is 0 Å². The number of guanidine groups is 1. The molecule has 6 heteroatoms. The molecule has 0 radical (unpaired) electrons. The van der Waals surface area contributed by atoms with Crippen molar-refractivity contribution in [3.63, 3.8) is 0 Å². The summed E-state index contributed by atoms with van der Waals surface area (Å²) in [5, 5.41) is 6.44. The first-order chi connectivity index (χ1) is 11.2. The molecule has 0 bridgehead atoms. The molecule has 2 rings (SSSR count). The highest BCUT2D eigenvalue weighted by Crippen LogP contribution is 2.05. The Bertz CT molecular complexity index is 596. The van der Waals surface area contributed by atoms with Crippen LogP contribution in [0.25, 0.3) is 0 Å². The van der Waals surface area contributed by atoms with Crippen molar-refractivity contribution in [1.82, 2.24) is 15.5 Å². The van der Waals surface area contributed by atoms with Crippen LogP contribution in [0.1, 0.15) is 11.3 Å². The van der Waals surface area contributed by atoms with Gasteiger partial charge in [0.15, 0.2) is 5.96 Å². The predicted octanol–water partition coefficient (Wildman–Crippen LogP) is 2.22. The fraction of sp³-hybridized carbons (Fsp3) is 0.353. The molecule has 0 spiro atoms. The van der Waals surface area contributed by atoms with Gasteiger partial charge in [-0.15, -0.1) is 0 Å². The third-order valence-electron chi connectivity index (χ3n) is 3.39. The predicted molar refractivity (Wildman–Crippen MR) is 89.6 cm³/mol. The molecule has 5 nitrogen and oxygen atoms in total. The number of hydrogen-bond donors (Lipinski definition) is 2. The van der Waals surface area contributed by atoms with Gasteiger partial charge in [-0.2, -0.15) is 0 Å². The van der Waals surface area contributed by atoms with Gasteiger partial charge in [0.25, 0.3) is 0 Å². The molecule has 0 aliphatic heterocycles. The average Bonchev–Trinajstić information content (AvgIpc) is 3.06. The summed E-state index contributed by atoms with van der Waals surface area (Å²) in [6, 6.07) is 10.4. The minimum Gasteiger partial charge on any atom is -0.467 e. The summed E-state index contributed by atoms with van der Waals surface area (Å²) in [5.41, 5.74) is 1.09. The first-order valence-electron chi connectivity index (χ1n) is 7.57. The fourth-order valence-electron chi connectivity index (χ4n) is 2.15. The van der Waals surface area contributed by atoms with Gasteiger partial charge in [-0.05, 0) is 36.9 Å². The smallest absolute Gasteiger partial charge is 0.191 e. The van der Waals surface area contributed by atoms with Gasteiger partial charge in [0, 0.05) is 26.7 Å². The van der Waals surface area contributed by atoms with Crippen LogP contribution >= 0.6 is 0 Å². The molecule has 2 aromatic rings. The van der Waals surface area contributed by atoms with Gasteiger partial charge in [0.1, 0.15) is 11.6 Å². The zero-order chi connectivity index (χ0) is 16.5. The highest BCUT2D eigenvalue weighted by Gasteiger charge is 2.03. The van der Waals surface area contributed by atoms with Gasteiger partial charge in [-0.25, -0.2) is 4.39 Å². The van der Waals surface area contributed by atoms with Crippen molar-refractivity contribution in [2.45, 2.75) is 13.1 Å². The molecular formula is C17H23FN4O. The molecule has 1 heterocycles. The second-order valence-electron chi connectivity index (χ2n) is 5.30. The first kappa shape index (κ1) is 17.0. The van der Waals surface area contributed by atoms with E-state index in [0.29, 0.717) is 6.54 Å². The quantitative estimate of drug-likeness (QED) is 0.607. The van der Waals surface area contributed by atoms with E-state index in [1.807, 2.05) is 31.3 Å². The van der Waals surface area contributed by atoms with E-state index in [-0.39, 0.29) is 5.82 Å². The van der Waals surface area contributed by atoms with Gasteiger partial charge < -0.3 is 20.0 Å². The Balaban J connectivity index is 1.67. The van der Waals surface area contributed by atoms with Crippen LogP contribution in [0.3, 0.4) is 0 Å². The van der Waals surface area contributed by atoms with Crippen LogP contribution < -0.4 is 10.6 Å². The number of nitrogens with one attached hydrogen (secondary N) is 2. The molecule has 0 atom stereocenters. The van der Waals surface area contributed by atoms with Crippen LogP contribution in [0.15, 0.2) is 52.1 Å². The molecule has 0 saturated carbocycles. The van der Waals surface area contributed by atoms with E-state index >= 15 is 0 Å². The van der Waals surface area contributed by atoms with Crippen LogP contribution in [0.5, 0.6) is 0 Å². The second-order valence-corrected chi connectivity index (χ2v) is 5.30. The summed E-state index contributed by atoms with van der Waals surface area (Å²) in [6.07, 6.45) is 1.65. The molecule has 0 saturated heterocycles. The van der Waals surface area contributed by atoms with Crippen molar-refractivity contribution in [3.05, 3.63) is 59.8 Å². The maximum atomic E-state index is 12.9. The Morgan fingerprint density at radius 3 is 2.65 bits per heavy atom. The highest BCUT2D eigenvalue weighted by molar-refractivity contribution is 5.79. The Kier molecular flexibility index (Phi) is 6.62. The van der Waals surface area contributed by atoms with E-state index in [4.69, 9.17) is 4.42 Å². The summed E-state index contributed by atoms with van der Waals surface area (Å²) >= 11 is 0. The number of rotatable bonds is 7. The van der Waals surface area contributed by atoms with Crippen molar-refractivity contribution in [2.24, 2.45) is 4.99 Å². The molecule has 0 unspecified atom stereocenters. The van der Waals surface area contributed by atoms with Crippen molar-refractivity contribution < 1.29 is 8.81 Å². The Morgan fingerprint density at radius 1 is 1.22 bits per heavy atom. The summed E-state index contributed by atoms with van der Waals surface area (Å²) in [7, 11) is 3.77.